The zero-order valence-electron chi connectivity index (χ0n) is 14.6. The molecule has 27 heavy (non-hydrogen) atoms. The molecule has 2 aromatic carbocycles. The lowest BCUT2D eigenvalue weighted by molar-refractivity contribution is 0.0610. The van der Waals surface area contributed by atoms with Crippen molar-refractivity contribution in [1.82, 2.24) is 0 Å². The van der Waals surface area contributed by atoms with Crippen molar-refractivity contribution >= 4 is 0 Å². The molecule has 0 spiro atoms. The Bertz CT molecular complexity index is 868. The van der Waals surface area contributed by atoms with E-state index < -0.39 is 29.9 Å². The van der Waals surface area contributed by atoms with Crippen LogP contribution in [0, 0.1) is 23.5 Å². The molecule has 0 aliphatic carbocycles. The van der Waals surface area contributed by atoms with Crippen molar-refractivity contribution in [2.24, 2.45) is 0 Å². The van der Waals surface area contributed by atoms with Crippen molar-refractivity contribution in [2.75, 3.05) is 13.7 Å². The van der Waals surface area contributed by atoms with Crippen LogP contribution in [-0.4, -0.2) is 37.1 Å². The highest BCUT2D eigenvalue weighted by molar-refractivity contribution is 5.38. The van der Waals surface area contributed by atoms with Crippen LogP contribution in [0.1, 0.15) is 5.56 Å². The van der Waals surface area contributed by atoms with Crippen molar-refractivity contribution < 1.29 is 28.1 Å². The van der Waals surface area contributed by atoms with Crippen LogP contribution in [0.25, 0.3) is 0 Å². The summed E-state index contributed by atoms with van der Waals surface area (Å²) in [4.78, 5) is 0. The van der Waals surface area contributed by atoms with Gasteiger partial charge >= 0.3 is 0 Å². The van der Waals surface area contributed by atoms with E-state index in [0.29, 0.717) is 11.5 Å². The van der Waals surface area contributed by atoms with Crippen LogP contribution in [0.3, 0.4) is 0 Å². The summed E-state index contributed by atoms with van der Waals surface area (Å²) in [7, 11) is 1.57. The smallest absolute Gasteiger partial charge is 0.156 e. The molecule has 3 rings (SSSR count). The fourth-order valence-electron chi connectivity index (χ4n) is 2.59. The van der Waals surface area contributed by atoms with Gasteiger partial charge in [0.25, 0.3) is 0 Å². The van der Waals surface area contributed by atoms with Crippen LogP contribution >= 0.6 is 0 Å². The van der Waals surface area contributed by atoms with Gasteiger partial charge in [-0.1, -0.05) is 11.8 Å². The monoisotopic (exact) mass is 372 g/mol. The Balaban J connectivity index is 1.66. The topological polar surface area (TPSA) is 47.9 Å². The number of ether oxygens (including phenoxy) is 3. The van der Waals surface area contributed by atoms with E-state index in [4.69, 9.17) is 14.2 Å². The minimum absolute atomic E-state index is 0.0967. The minimum Gasteiger partial charge on any atom is -0.497 e. The van der Waals surface area contributed by atoms with E-state index in [-0.39, 0.29) is 12.2 Å². The summed E-state index contributed by atoms with van der Waals surface area (Å²) in [5.41, 5.74) is 0.0967. The molecular formula is C21H18F2O4. The number of aliphatic hydroxyl groups is 1. The lowest BCUT2D eigenvalue weighted by Gasteiger charge is -2.19. The third-order valence-corrected chi connectivity index (χ3v) is 4.00. The summed E-state index contributed by atoms with van der Waals surface area (Å²) < 4.78 is 42.8. The number of rotatable bonds is 4. The Hall–Kier alpha value is -2.88. The van der Waals surface area contributed by atoms with Gasteiger partial charge in [0.05, 0.1) is 19.3 Å². The Morgan fingerprint density at radius 3 is 2.59 bits per heavy atom. The van der Waals surface area contributed by atoms with E-state index in [1.54, 1.807) is 37.5 Å². The molecule has 1 fully saturated rings. The molecule has 4 nitrogen and oxygen atoms in total. The second-order valence-corrected chi connectivity index (χ2v) is 5.88. The Morgan fingerprint density at radius 1 is 1.15 bits per heavy atom. The van der Waals surface area contributed by atoms with Gasteiger partial charge in [-0.2, -0.15) is 0 Å². The first-order valence-corrected chi connectivity index (χ1v) is 8.30. The second-order valence-electron chi connectivity index (χ2n) is 5.88. The molecule has 0 unspecified atom stereocenters. The van der Waals surface area contributed by atoms with Gasteiger partial charge in [-0.25, -0.2) is 8.78 Å². The maximum absolute atomic E-state index is 13.5. The molecule has 6 heteroatoms. The fourth-order valence-corrected chi connectivity index (χ4v) is 2.59. The van der Waals surface area contributed by atoms with Gasteiger partial charge in [0.15, 0.2) is 6.10 Å². The maximum atomic E-state index is 13.5. The third kappa shape index (κ3) is 4.85. The van der Waals surface area contributed by atoms with Gasteiger partial charge < -0.3 is 19.3 Å². The Labute approximate surface area is 156 Å². The first-order chi connectivity index (χ1) is 13.1. The SMILES string of the molecule is COc1ccc(O[C@@H]2[C@H](O)CO[C@@H]2/C=C/C#Cc2ccc(F)cc2F)cc1. The van der Waals surface area contributed by atoms with E-state index in [1.807, 2.05) is 0 Å². The molecule has 1 N–H and O–H groups in total. The molecule has 0 saturated carbocycles. The summed E-state index contributed by atoms with van der Waals surface area (Å²) >= 11 is 0. The van der Waals surface area contributed by atoms with Crippen molar-refractivity contribution in [1.29, 1.82) is 0 Å². The lowest BCUT2D eigenvalue weighted by atomic mass is 10.1. The van der Waals surface area contributed by atoms with E-state index in [0.717, 1.165) is 12.1 Å². The highest BCUT2D eigenvalue weighted by Crippen LogP contribution is 2.24. The molecule has 1 aliphatic rings. The van der Waals surface area contributed by atoms with Gasteiger partial charge in [0.2, 0.25) is 0 Å². The lowest BCUT2D eigenvalue weighted by Crippen LogP contribution is -2.34. The number of hydrogen-bond donors (Lipinski definition) is 1. The molecule has 0 aromatic heterocycles. The largest absolute Gasteiger partial charge is 0.497 e. The highest BCUT2D eigenvalue weighted by atomic mass is 19.1. The average Bonchev–Trinajstić information content (AvgIpc) is 3.01. The van der Waals surface area contributed by atoms with E-state index >= 15 is 0 Å². The fraction of sp³-hybridized carbons (Fsp3) is 0.238. The number of hydrogen-bond acceptors (Lipinski definition) is 4. The van der Waals surface area contributed by atoms with E-state index in [9.17, 15) is 13.9 Å². The van der Waals surface area contributed by atoms with Crippen molar-refractivity contribution in [2.45, 2.75) is 18.3 Å². The predicted molar refractivity (Wildman–Crippen MR) is 95.5 cm³/mol. The van der Waals surface area contributed by atoms with Crippen LogP contribution in [0.4, 0.5) is 8.78 Å². The van der Waals surface area contributed by atoms with Gasteiger partial charge in [0, 0.05) is 6.07 Å². The van der Waals surface area contributed by atoms with Crippen molar-refractivity contribution in [3.63, 3.8) is 0 Å². The normalized spacial score (nSPS) is 21.7. The third-order valence-electron chi connectivity index (χ3n) is 4.00. The molecule has 140 valence electrons. The molecule has 0 bridgehead atoms. The molecule has 1 aliphatic heterocycles. The molecular weight excluding hydrogens is 354 g/mol. The van der Waals surface area contributed by atoms with E-state index in [1.165, 1.54) is 12.1 Å². The Morgan fingerprint density at radius 2 is 1.89 bits per heavy atom. The maximum Gasteiger partial charge on any atom is 0.156 e. The summed E-state index contributed by atoms with van der Waals surface area (Å²) in [6.07, 6.45) is 1.24. The summed E-state index contributed by atoms with van der Waals surface area (Å²) in [6.45, 7) is 0.135. The number of methoxy groups -OCH3 is 1. The van der Waals surface area contributed by atoms with E-state index in [2.05, 4.69) is 11.8 Å². The summed E-state index contributed by atoms with van der Waals surface area (Å²) in [6, 6.07) is 10.2. The standard InChI is InChI=1S/C21H18F2O4/c1-25-16-8-10-17(11-9-16)27-21-19(24)13-26-20(21)5-3-2-4-14-6-7-15(22)12-18(14)23/h3,5-12,19-21,24H,13H2,1H3/b5-3+/t19-,20-,21-/m1/s1. The van der Waals surface area contributed by atoms with Crippen molar-refractivity contribution in [3.05, 3.63) is 71.8 Å². The zero-order chi connectivity index (χ0) is 19.2. The zero-order valence-corrected chi connectivity index (χ0v) is 14.6. The average molecular weight is 372 g/mol. The predicted octanol–water partition coefficient (Wildman–Crippen LogP) is 3.09. The van der Waals surface area contributed by atoms with Gasteiger partial charge in [-0.05, 0) is 48.6 Å². The van der Waals surface area contributed by atoms with Crippen LogP contribution in [0.2, 0.25) is 0 Å². The Kier molecular flexibility index (Phi) is 6.07. The molecule has 1 saturated heterocycles. The minimum atomic E-state index is -0.788. The molecule has 0 radical (unpaired) electrons. The number of aliphatic hydroxyl groups excluding tert-OH is 1. The van der Waals surface area contributed by atoms with Crippen LogP contribution in [0.15, 0.2) is 54.6 Å². The number of halogens is 2. The quantitative estimate of drug-likeness (QED) is 0.838. The van der Waals surface area contributed by atoms with Crippen LogP contribution in [-0.2, 0) is 4.74 Å². The first kappa shape index (κ1) is 18.9. The summed E-state index contributed by atoms with van der Waals surface area (Å²) in [5.74, 6) is 5.18. The second kappa shape index (κ2) is 8.67. The van der Waals surface area contributed by atoms with Crippen molar-refractivity contribution in [3.8, 4) is 23.3 Å². The molecule has 2 aromatic rings. The number of allylic oxidation sites excluding steroid dienone is 1. The molecule has 3 atom stereocenters. The first-order valence-electron chi connectivity index (χ1n) is 8.30. The highest BCUT2D eigenvalue weighted by Gasteiger charge is 2.36. The van der Waals surface area contributed by atoms with Crippen LogP contribution in [0.5, 0.6) is 11.5 Å². The summed E-state index contributed by atoms with van der Waals surface area (Å²) in [5, 5.41) is 10.1. The molecule has 0 amide bonds. The van der Waals surface area contributed by atoms with Gasteiger partial charge in [0.1, 0.15) is 35.3 Å². The number of benzene rings is 2. The molecule has 1 heterocycles. The van der Waals surface area contributed by atoms with Gasteiger partial charge in [-0.3, -0.25) is 0 Å². The van der Waals surface area contributed by atoms with Gasteiger partial charge in [-0.15, -0.1) is 0 Å². The van der Waals surface area contributed by atoms with Crippen LogP contribution < -0.4 is 9.47 Å².